The lowest BCUT2D eigenvalue weighted by atomic mass is 9.75. The van der Waals surface area contributed by atoms with Crippen molar-refractivity contribution in [1.29, 1.82) is 5.26 Å². The summed E-state index contributed by atoms with van der Waals surface area (Å²) in [5.41, 5.74) is 0.0401. The van der Waals surface area contributed by atoms with Gasteiger partial charge in [0.2, 0.25) is 0 Å². The number of hydrogen-bond acceptors (Lipinski definition) is 3. The number of carbonyl (C=O) groups is 2. The Hall–Kier alpha value is -2.76. The lowest BCUT2D eigenvalue weighted by Gasteiger charge is -2.42. The second-order valence-electron chi connectivity index (χ2n) is 7.86. The van der Waals surface area contributed by atoms with E-state index in [2.05, 4.69) is 0 Å². The van der Waals surface area contributed by atoms with Crippen LogP contribution in [0.25, 0.3) is 0 Å². The van der Waals surface area contributed by atoms with Crippen LogP contribution in [0.3, 0.4) is 0 Å². The summed E-state index contributed by atoms with van der Waals surface area (Å²) in [5, 5.41) is 18.4. The van der Waals surface area contributed by atoms with Gasteiger partial charge in [0.15, 0.2) is 0 Å². The number of alkyl halides is 3. The molecule has 0 radical (unpaired) electrons. The molecule has 3 rings (SSSR count). The van der Waals surface area contributed by atoms with Crippen LogP contribution < -0.4 is 0 Å². The highest BCUT2D eigenvalue weighted by atomic mass is 19.4. The summed E-state index contributed by atoms with van der Waals surface area (Å²) in [4.78, 5) is 25.5. The number of amides is 2. The molecule has 1 saturated heterocycles. The fraction of sp³-hybridized carbons (Fsp3) is 0.550. The molecule has 9 heteroatoms. The molecule has 2 unspecified atom stereocenters. The molecule has 6 nitrogen and oxygen atoms in total. The molecule has 1 N–H and O–H groups in total. The lowest BCUT2D eigenvalue weighted by Crippen LogP contribution is -2.52. The Bertz CT molecular complexity index is 799. The molecule has 2 amide bonds. The van der Waals surface area contributed by atoms with E-state index in [1.54, 1.807) is 12.1 Å². The van der Waals surface area contributed by atoms with Gasteiger partial charge in [0.05, 0.1) is 6.07 Å². The van der Waals surface area contributed by atoms with Crippen LogP contribution in [-0.2, 0) is 4.79 Å². The quantitative estimate of drug-likeness (QED) is 0.805. The van der Waals surface area contributed by atoms with Gasteiger partial charge in [0.1, 0.15) is 0 Å². The average Bonchev–Trinajstić information content (AvgIpc) is 3.47. The first-order valence-electron chi connectivity index (χ1n) is 9.44. The number of likely N-dealkylation sites (tertiary alicyclic amines) is 1. The molecular weight excluding hydrogens is 387 g/mol. The minimum Gasteiger partial charge on any atom is -0.465 e. The van der Waals surface area contributed by atoms with Crippen LogP contribution in [0, 0.1) is 16.7 Å². The first-order valence-corrected chi connectivity index (χ1v) is 9.44. The molecule has 29 heavy (non-hydrogen) atoms. The Morgan fingerprint density at radius 3 is 2.38 bits per heavy atom. The summed E-state index contributed by atoms with van der Waals surface area (Å²) >= 11 is 0. The average molecular weight is 409 g/mol. The number of rotatable bonds is 5. The summed E-state index contributed by atoms with van der Waals surface area (Å²) in [6.07, 6.45) is -5.18. The second kappa shape index (κ2) is 7.93. The van der Waals surface area contributed by atoms with Crippen molar-refractivity contribution >= 4 is 12.0 Å². The van der Waals surface area contributed by atoms with Gasteiger partial charge in [-0.2, -0.15) is 18.4 Å². The van der Waals surface area contributed by atoms with E-state index in [-0.39, 0.29) is 44.8 Å². The number of carboxylic acid groups (broad SMARTS) is 1. The first-order chi connectivity index (χ1) is 13.7. The molecule has 0 bridgehead atoms. The van der Waals surface area contributed by atoms with E-state index in [1.165, 1.54) is 4.90 Å². The maximum Gasteiger partial charge on any atom is 0.471 e. The van der Waals surface area contributed by atoms with Gasteiger partial charge < -0.3 is 14.9 Å². The Kier molecular flexibility index (Phi) is 5.73. The van der Waals surface area contributed by atoms with E-state index < -0.39 is 29.6 Å². The van der Waals surface area contributed by atoms with E-state index in [9.17, 15) is 28.0 Å². The van der Waals surface area contributed by atoms with Crippen LogP contribution in [0.4, 0.5) is 18.0 Å². The van der Waals surface area contributed by atoms with Crippen LogP contribution in [0.2, 0.25) is 0 Å². The molecule has 1 aliphatic heterocycles. The van der Waals surface area contributed by atoms with Gasteiger partial charge in [-0.25, -0.2) is 4.79 Å². The standard InChI is InChI=1S/C20H22F3N3O3/c21-20(22,23)17(27)26(16-12-15(16)14-4-2-1-3-5-14)13-19(6-9-24)7-10-25(11-8-19)18(28)29/h1-5,15-16H,6-8,10-13H2,(H,28,29). The molecule has 1 aliphatic carbocycles. The third-order valence-electron chi connectivity index (χ3n) is 5.94. The van der Waals surface area contributed by atoms with Crippen LogP contribution in [0.15, 0.2) is 30.3 Å². The van der Waals surface area contributed by atoms with Gasteiger partial charge >= 0.3 is 18.2 Å². The first kappa shape index (κ1) is 21.0. The van der Waals surface area contributed by atoms with Crippen LogP contribution in [0.5, 0.6) is 0 Å². The summed E-state index contributed by atoms with van der Waals surface area (Å²) in [6, 6.07) is 10.5. The SMILES string of the molecule is N#CCC1(CN(C(=O)C(F)(F)F)C2CC2c2ccccc2)CCN(C(=O)O)CC1. The number of benzene rings is 1. The predicted molar refractivity (Wildman–Crippen MR) is 96.9 cm³/mol. The number of nitriles is 1. The fourth-order valence-electron chi connectivity index (χ4n) is 4.18. The number of hydrogen-bond donors (Lipinski definition) is 1. The van der Waals surface area contributed by atoms with Crippen molar-refractivity contribution < 1.29 is 27.9 Å². The largest absolute Gasteiger partial charge is 0.471 e. The van der Waals surface area contributed by atoms with Crippen molar-refractivity contribution in [2.75, 3.05) is 19.6 Å². The lowest BCUT2D eigenvalue weighted by molar-refractivity contribution is -0.188. The Balaban J connectivity index is 1.82. The highest BCUT2D eigenvalue weighted by Crippen LogP contribution is 2.48. The minimum absolute atomic E-state index is 0.0230. The molecule has 1 aromatic rings. The summed E-state index contributed by atoms with van der Waals surface area (Å²) in [7, 11) is 0. The summed E-state index contributed by atoms with van der Waals surface area (Å²) < 4.78 is 39.9. The maximum absolute atomic E-state index is 13.3. The van der Waals surface area contributed by atoms with Crippen molar-refractivity contribution in [3.8, 4) is 6.07 Å². The van der Waals surface area contributed by atoms with Crippen molar-refractivity contribution in [1.82, 2.24) is 9.80 Å². The van der Waals surface area contributed by atoms with Gasteiger partial charge in [0.25, 0.3) is 0 Å². The topological polar surface area (TPSA) is 84.6 Å². The van der Waals surface area contributed by atoms with Crippen molar-refractivity contribution in [2.45, 2.75) is 43.8 Å². The zero-order valence-corrected chi connectivity index (χ0v) is 15.7. The van der Waals surface area contributed by atoms with Gasteiger partial charge in [-0.05, 0) is 24.8 Å². The van der Waals surface area contributed by atoms with E-state index in [0.717, 1.165) is 10.5 Å². The molecule has 156 valence electrons. The monoisotopic (exact) mass is 409 g/mol. The minimum atomic E-state index is -5.00. The molecule has 0 spiro atoms. The molecule has 1 heterocycles. The Morgan fingerprint density at radius 1 is 1.24 bits per heavy atom. The normalized spacial score (nSPS) is 23.2. The molecule has 2 atom stereocenters. The van der Waals surface area contributed by atoms with E-state index in [1.807, 2.05) is 24.3 Å². The zero-order chi connectivity index (χ0) is 21.2. The van der Waals surface area contributed by atoms with E-state index >= 15 is 0 Å². The number of nitrogens with zero attached hydrogens (tertiary/aromatic N) is 3. The molecule has 2 fully saturated rings. The molecule has 1 saturated carbocycles. The van der Waals surface area contributed by atoms with Gasteiger partial charge in [-0.3, -0.25) is 4.79 Å². The number of carbonyl (C=O) groups excluding carboxylic acids is 1. The second-order valence-corrected chi connectivity index (χ2v) is 7.86. The van der Waals surface area contributed by atoms with E-state index in [0.29, 0.717) is 6.42 Å². The number of piperidine rings is 1. The molecule has 0 aromatic heterocycles. The van der Waals surface area contributed by atoms with E-state index in [4.69, 9.17) is 5.11 Å². The van der Waals surface area contributed by atoms with Gasteiger partial charge in [-0.1, -0.05) is 30.3 Å². The van der Waals surface area contributed by atoms with Gasteiger partial charge in [0, 0.05) is 43.4 Å². The van der Waals surface area contributed by atoms with Crippen molar-refractivity contribution in [3.63, 3.8) is 0 Å². The molecule has 1 aromatic carbocycles. The summed E-state index contributed by atoms with van der Waals surface area (Å²) in [5.74, 6) is -2.06. The Morgan fingerprint density at radius 2 is 1.86 bits per heavy atom. The smallest absolute Gasteiger partial charge is 0.465 e. The maximum atomic E-state index is 13.3. The third kappa shape index (κ3) is 4.63. The predicted octanol–water partition coefficient (Wildman–Crippen LogP) is 3.61. The molecule has 2 aliphatic rings. The highest BCUT2D eigenvalue weighted by Gasteiger charge is 2.54. The van der Waals surface area contributed by atoms with Crippen LogP contribution in [0.1, 0.15) is 37.2 Å². The van der Waals surface area contributed by atoms with Crippen molar-refractivity contribution in [3.05, 3.63) is 35.9 Å². The number of halogens is 3. The van der Waals surface area contributed by atoms with Crippen LogP contribution in [-0.4, -0.2) is 58.8 Å². The highest BCUT2D eigenvalue weighted by molar-refractivity contribution is 5.82. The summed E-state index contributed by atoms with van der Waals surface area (Å²) in [6.45, 7) is 0.0794. The third-order valence-corrected chi connectivity index (χ3v) is 5.94. The van der Waals surface area contributed by atoms with Crippen molar-refractivity contribution in [2.24, 2.45) is 5.41 Å². The molecular formula is C20H22F3N3O3. The van der Waals surface area contributed by atoms with Crippen LogP contribution >= 0.6 is 0 Å². The van der Waals surface area contributed by atoms with Gasteiger partial charge in [-0.15, -0.1) is 0 Å². The Labute approximate surface area is 166 Å². The fourth-order valence-corrected chi connectivity index (χ4v) is 4.18. The zero-order valence-electron chi connectivity index (χ0n) is 15.7.